The summed E-state index contributed by atoms with van der Waals surface area (Å²) in [5, 5.41) is 3.84. The summed E-state index contributed by atoms with van der Waals surface area (Å²) < 4.78 is 5.07. The van der Waals surface area contributed by atoms with Gasteiger partial charge >= 0.3 is 5.97 Å². The van der Waals surface area contributed by atoms with E-state index in [0.29, 0.717) is 25.0 Å². The Morgan fingerprint density at radius 3 is 2.61 bits per heavy atom. The van der Waals surface area contributed by atoms with Crippen molar-refractivity contribution in [2.24, 2.45) is 11.8 Å². The minimum absolute atomic E-state index is 0.0344. The van der Waals surface area contributed by atoms with Crippen LogP contribution in [0.15, 0.2) is 0 Å². The number of rotatable bonds is 8. The molecule has 1 aliphatic carbocycles. The highest BCUT2D eigenvalue weighted by molar-refractivity contribution is 5.69. The number of hydrogen-bond donors (Lipinski definition) is 1. The molecule has 1 heterocycles. The number of carbonyl (C=O) groups is 1. The van der Waals surface area contributed by atoms with Gasteiger partial charge in [0, 0.05) is 25.6 Å². The predicted molar refractivity (Wildman–Crippen MR) is 94.5 cm³/mol. The van der Waals surface area contributed by atoms with Gasteiger partial charge in [-0.05, 0) is 57.5 Å². The second-order valence-electron chi connectivity index (χ2n) is 7.41. The number of likely N-dealkylation sites (tertiary alicyclic amines) is 1. The third-order valence-electron chi connectivity index (χ3n) is 5.54. The molecule has 23 heavy (non-hydrogen) atoms. The average molecular weight is 325 g/mol. The van der Waals surface area contributed by atoms with Crippen LogP contribution in [0.2, 0.25) is 0 Å². The summed E-state index contributed by atoms with van der Waals surface area (Å²) in [4.78, 5) is 14.1. The molecule has 2 atom stereocenters. The lowest BCUT2D eigenvalue weighted by Gasteiger charge is -2.38. The van der Waals surface area contributed by atoms with E-state index in [4.69, 9.17) is 4.74 Å². The van der Waals surface area contributed by atoms with E-state index < -0.39 is 0 Å². The van der Waals surface area contributed by atoms with Gasteiger partial charge in [-0.3, -0.25) is 4.79 Å². The molecule has 0 bridgehead atoms. The van der Waals surface area contributed by atoms with E-state index in [2.05, 4.69) is 17.1 Å². The topological polar surface area (TPSA) is 41.6 Å². The van der Waals surface area contributed by atoms with Crippen LogP contribution >= 0.6 is 0 Å². The van der Waals surface area contributed by atoms with Crippen LogP contribution in [0.5, 0.6) is 0 Å². The minimum Gasteiger partial charge on any atom is -0.466 e. The Labute approximate surface area is 142 Å². The smallest absolute Gasteiger partial charge is 0.305 e. The van der Waals surface area contributed by atoms with Crippen LogP contribution in [0.25, 0.3) is 0 Å². The Morgan fingerprint density at radius 1 is 1.13 bits per heavy atom. The molecule has 1 N–H and O–H groups in total. The molecule has 0 aromatic rings. The number of nitrogens with zero attached hydrogens (tertiary/aromatic N) is 1. The van der Waals surface area contributed by atoms with E-state index in [1.54, 1.807) is 0 Å². The maximum Gasteiger partial charge on any atom is 0.305 e. The first kappa shape index (κ1) is 18.7. The zero-order chi connectivity index (χ0) is 16.5. The fourth-order valence-electron chi connectivity index (χ4n) is 4.20. The van der Waals surface area contributed by atoms with Crippen molar-refractivity contribution in [3.8, 4) is 0 Å². The van der Waals surface area contributed by atoms with Gasteiger partial charge in [0.2, 0.25) is 0 Å². The van der Waals surface area contributed by atoms with Crippen molar-refractivity contribution in [2.75, 3.05) is 32.8 Å². The highest BCUT2D eigenvalue weighted by atomic mass is 16.5. The van der Waals surface area contributed by atoms with E-state index in [1.165, 1.54) is 51.6 Å². The van der Waals surface area contributed by atoms with Gasteiger partial charge in [0.1, 0.15) is 0 Å². The van der Waals surface area contributed by atoms with Gasteiger partial charge in [-0.2, -0.15) is 0 Å². The van der Waals surface area contributed by atoms with Crippen molar-refractivity contribution in [1.29, 1.82) is 0 Å². The molecule has 2 rings (SSSR count). The molecule has 0 aromatic carbocycles. The van der Waals surface area contributed by atoms with Gasteiger partial charge in [0.15, 0.2) is 0 Å². The summed E-state index contributed by atoms with van der Waals surface area (Å²) >= 11 is 0. The number of piperidine rings is 1. The van der Waals surface area contributed by atoms with E-state index in [0.717, 1.165) is 25.4 Å². The fraction of sp³-hybridized carbons (Fsp3) is 0.947. The SMILES string of the molecule is CCOC(=O)CCC1CC(NCC2CCCCC2)CN(CC)C1. The van der Waals surface area contributed by atoms with Crippen molar-refractivity contribution in [1.82, 2.24) is 10.2 Å². The zero-order valence-corrected chi connectivity index (χ0v) is 15.2. The van der Waals surface area contributed by atoms with Gasteiger partial charge < -0.3 is 15.0 Å². The van der Waals surface area contributed by atoms with Gasteiger partial charge in [-0.15, -0.1) is 0 Å². The number of esters is 1. The number of nitrogens with one attached hydrogen (secondary N) is 1. The second kappa shape index (κ2) is 10.3. The Hall–Kier alpha value is -0.610. The third kappa shape index (κ3) is 6.80. The van der Waals surface area contributed by atoms with Gasteiger partial charge in [-0.25, -0.2) is 0 Å². The summed E-state index contributed by atoms with van der Waals surface area (Å²) in [6.07, 6.45) is 9.83. The van der Waals surface area contributed by atoms with E-state index >= 15 is 0 Å². The Morgan fingerprint density at radius 2 is 1.91 bits per heavy atom. The summed E-state index contributed by atoms with van der Waals surface area (Å²) in [6, 6.07) is 0.595. The van der Waals surface area contributed by atoms with Crippen LogP contribution in [0.3, 0.4) is 0 Å². The van der Waals surface area contributed by atoms with Gasteiger partial charge in [-0.1, -0.05) is 26.2 Å². The summed E-state index contributed by atoms with van der Waals surface area (Å²) in [7, 11) is 0. The van der Waals surface area contributed by atoms with Gasteiger partial charge in [0.05, 0.1) is 6.61 Å². The van der Waals surface area contributed by atoms with E-state index in [1.807, 2.05) is 6.92 Å². The molecule has 1 aliphatic heterocycles. The normalized spacial score (nSPS) is 27.0. The van der Waals surface area contributed by atoms with Crippen molar-refractivity contribution in [2.45, 2.75) is 71.3 Å². The number of likely N-dealkylation sites (N-methyl/N-ethyl adjacent to an activating group) is 1. The molecule has 134 valence electrons. The summed E-state index contributed by atoms with van der Waals surface area (Å²) in [6.45, 7) is 9.21. The quantitative estimate of drug-likeness (QED) is 0.696. The highest BCUT2D eigenvalue weighted by Gasteiger charge is 2.27. The summed E-state index contributed by atoms with van der Waals surface area (Å²) in [5.74, 6) is 1.48. The molecule has 0 amide bonds. The predicted octanol–water partition coefficient (Wildman–Crippen LogP) is 3.21. The lowest BCUT2D eigenvalue weighted by molar-refractivity contribution is -0.143. The van der Waals surface area contributed by atoms with E-state index in [-0.39, 0.29) is 5.97 Å². The Kier molecular flexibility index (Phi) is 8.38. The first-order chi connectivity index (χ1) is 11.2. The second-order valence-corrected chi connectivity index (χ2v) is 7.41. The lowest BCUT2D eigenvalue weighted by Crippen LogP contribution is -2.50. The monoisotopic (exact) mass is 324 g/mol. The molecular formula is C19H36N2O2. The largest absolute Gasteiger partial charge is 0.466 e. The molecule has 2 unspecified atom stereocenters. The van der Waals surface area contributed by atoms with Crippen LogP contribution in [-0.4, -0.2) is 49.7 Å². The number of ether oxygens (including phenoxy) is 1. The number of carbonyl (C=O) groups excluding carboxylic acids is 1. The molecule has 2 aliphatic rings. The maximum absolute atomic E-state index is 11.6. The average Bonchev–Trinajstić information content (AvgIpc) is 2.59. The minimum atomic E-state index is -0.0344. The van der Waals surface area contributed by atoms with Crippen LogP contribution in [-0.2, 0) is 9.53 Å². The molecule has 2 fully saturated rings. The van der Waals surface area contributed by atoms with E-state index in [9.17, 15) is 4.79 Å². The van der Waals surface area contributed by atoms with Gasteiger partial charge in [0.25, 0.3) is 0 Å². The Balaban J connectivity index is 1.74. The number of hydrogen-bond acceptors (Lipinski definition) is 4. The third-order valence-corrected chi connectivity index (χ3v) is 5.54. The van der Waals surface area contributed by atoms with Crippen molar-refractivity contribution in [3.63, 3.8) is 0 Å². The lowest BCUT2D eigenvalue weighted by atomic mass is 9.87. The standard InChI is InChI=1S/C19H36N2O2/c1-3-21-14-17(10-11-19(22)23-4-2)12-18(15-21)20-13-16-8-6-5-7-9-16/h16-18,20H,3-15H2,1-2H3. The zero-order valence-electron chi connectivity index (χ0n) is 15.2. The van der Waals surface area contributed by atoms with Crippen molar-refractivity contribution in [3.05, 3.63) is 0 Å². The molecule has 4 heteroatoms. The molecule has 0 aromatic heterocycles. The van der Waals surface area contributed by atoms with Crippen LogP contribution in [0.4, 0.5) is 0 Å². The molecule has 1 saturated heterocycles. The fourth-order valence-corrected chi connectivity index (χ4v) is 4.20. The maximum atomic E-state index is 11.6. The first-order valence-electron chi connectivity index (χ1n) is 9.82. The molecular weight excluding hydrogens is 288 g/mol. The van der Waals surface area contributed by atoms with Crippen molar-refractivity contribution >= 4 is 5.97 Å². The van der Waals surface area contributed by atoms with Crippen LogP contribution in [0.1, 0.15) is 65.2 Å². The summed E-state index contributed by atoms with van der Waals surface area (Å²) in [5.41, 5.74) is 0. The van der Waals surface area contributed by atoms with Crippen LogP contribution < -0.4 is 5.32 Å². The molecule has 4 nitrogen and oxygen atoms in total. The Bertz CT molecular complexity index is 342. The molecule has 0 spiro atoms. The van der Waals surface area contributed by atoms with Crippen LogP contribution in [0, 0.1) is 11.8 Å². The molecule has 0 radical (unpaired) electrons. The van der Waals surface area contributed by atoms with Crippen molar-refractivity contribution < 1.29 is 9.53 Å². The highest BCUT2D eigenvalue weighted by Crippen LogP contribution is 2.25. The first-order valence-corrected chi connectivity index (χ1v) is 9.82. The molecule has 1 saturated carbocycles.